The Morgan fingerprint density at radius 1 is 0.632 bits per heavy atom. The van der Waals surface area contributed by atoms with Gasteiger partial charge in [0.1, 0.15) is 0 Å². The highest BCUT2D eigenvalue weighted by Crippen LogP contribution is 2.45. The van der Waals surface area contributed by atoms with E-state index in [4.69, 9.17) is 0 Å². The molecule has 3 rings (SSSR count). The van der Waals surface area contributed by atoms with Crippen molar-refractivity contribution in [2.75, 3.05) is 13.1 Å². The SMILES string of the molecule is CC1CCCCNCCC(C)C2CC(C)C1CC2C. The maximum atomic E-state index is 3.65. The van der Waals surface area contributed by atoms with E-state index in [1.54, 1.807) is 0 Å². The van der Waals surface area contributed by atoms with Crippen LogP contribution in [0, 0.1) is 35.5 Å². The normalized spacial score (nSPS) is 46.1. The van der Waals surface area contributed by atoms with E-state index in [-0.39, 0.29) is 0 Å². The van der Waals surface area contributed by atoms with Gasteiger partial charge in [-0.05, 0) is 74.3 Å². The lowest BCUT2D eigenvalue weighted by atomic mass is 9.62. The summed E-state index contributed by atoms with van der Waals surface area (Å²) >= 11 is 0. The summed E-state index contributed by atoms with van der Waals surface area (Å²) in [6.07, 6.45) is 8.59. The van der Waals surface area contributed by atoms with E-state index in [9.17, 15) is 0 Å². The van der Waals surface area contributed by atoms with Gasteiger partial charge in [-0.1, -0.05) is 40.5 Å². The first-order chi connectivity index (χ1) is 9.09. The van der Waals surface area contributed by atoms with E-state index in [0.29, 0.717) is 0 Å². The maximum absolute atomic E-state index is 3.65. The van der Waals surface area contributed by atoms with Crippen LogP contribution in [-0.2, 0) is 0 Å². The molecular formula is C18H35N. The first-order valence-electron chi connectivity index (χ1n) is 8.80. The Morgan fingerprint density at radius 2 is 1.21 bits per heavy atom. The Morgan fingerprint density at radius 3 is 1.84 bits per heavy atom. The molecule has 0 amide bonds. The summed E-state index contributed by atoms with van der Waals surface area (Å²) in [5.74, 6) is 5.70. The minimum Gasteiger partial charge on any atom is -0.317 e. The predicted octanol–water partition coefficient (Wildman–Crippen LogP) is 4.72. The summed E-state index contributed by atoms with van der Waals surface area (Å²) in [5.41, 5.74) is 0. The van der Waals surface area contributed by atoms with Gasteiger partial charge in [0.05, 0.1) is 0 Å². The van der Waals surface area contributed by atoms with Gasteiger partial charge in [-0.2, -0.15) is 0 Å². The molecule has 0 radical (unpaired) electrons. The molecule has 6 atom stereocenters. The van der Waals surface area contributed by atoms with Gasteiger partial charge in [-0.3, -0.25) is 0 Å². The zero-order valence-corrected chi connectivity index (χ0v) is 13.6. The van der Waals surface area contributed by atoms with Crippen LogP contribution in [0.5, 0.6) is 0 Å². The second-order valence-corrected chi connectivity index (χ2v) is 7.74. The van der Waals surface area contributed by atoms with Gasteiger partial charge >= 0.3 is 0 Å². The van der Waals surface area contributed by atoms with Crippen LogP contribution in [0.1, 0.15) is 66.2 Å². The smallest absolute Gasteiger partial charge is 0.00463 e. The highest BCUT2D eigenvalue weighted by Gasteiger charge is 2.37. The molecule has 1 heteroatoms. The van der Waals surface area contributed by atoms with Crippen molar-refractivity contribution >= 4 is 0 Å². The van der Waals surface area contributed by atoms with Crippen molar-refractivity contribution in [1.29, 1.82) is 0 Å². The fourth-order valence-corrected chi connectivity index (χ4v) is 4.86. The van der Waals surface area contributed by atoms with Crippen molar-refractivity contribution in [1.82, 2.24) is 5.32 Å². The average molecular weight is 265 g/mol. The standard InChI is InChI=1S/C18H35N/c1-13-7-5-6-9-19-10-8-14(2)18-12-15(3)17(13)11-16(18)4/h13-19H,5-12H2,1-4H3. The van der Waals surface area contributed by atoms with E-state index in [1.165, 1.54) is 51.6 Å². The molecule has 0 aromatic rings. The number of hydrogen-bond donors (Lipinski definition) is 1. The highest BCUT2D eigenvalue weighted by molar-refractivity contribution is 4.87. The summed E-state index contributed by atoms with van der Waals surface area (Å²) in [5, 5.41) is 3.65. The van der Waals surface area contributed by atoms with Gasteiger partial charge in [0, 0.05) is 0 Å². The lowest BCUT2D eigenvalue weighted by Crippen LogP contribution is -2.36. The highest BCUT2D eigenvalue weighted by atomic mass is 14.8. The van der Waals surface area contributed by atoms with Crippen LogP contribution in [0.15, 0.2) is 0 Å². The lowest BCUT2D eigenvalue weighted by molar-refractivity contribution is 0.0612. The number of hydrogen-bond acceptors (Lipinski definition) is 1. The van der Waals surface area contributed by atoms with Crippen molar-refractivity contribution in [3.63, 3.8) is 0 Å². The maximum Gasteiger partial charge on any atom is -0.00463 e. The predicted molar refractivity (Wildman–Crippen MR) is 84.2 cm³/mol. The molecule has 19 heavy (non-hydrogen) atoms. The molecule has 1 aliphatic carbocycles. The van der Waals surface area contributed by atoms with Gasteiger partial charge in [0.15, 0.2) is 0 Å². The van der Waals surface area contributed by atoms with Crippen LogP contribution >= 0.6 is 0 Å². The molecule has 1 N–H and O–H groups in total. The zero-order chi connectivity index (χ0) is 13.8. The monoisotopic (exact) mass is 265 g/mol. The molecule has 0 aromatic carbocycles. The van der Waals surface area contributed by atoms with Crippen LogP contribution in [0.25, 0.3) is 0 Å². The molecule has 2 aliphatic heterocycles. The van der Waals surface area contributed by atoms with Crippen LogP contribution in [0.2, 0.25) is 0 Å². The minimum atomic E-state index is 0.905. The number of nitrogens with one attached hydrogen (secondary N) is 1. The van der Waals surface area contributed by atoms with Crippen molar-refractivity contribution in [3.8, 4) is 0 Å². The second-order valence-electron chi connectivity index (χ2n) is 7.74. The molecule has 0 spiro atoms. The van der Waals surface area contributed by atoms with Crippen molar-refractivity contribution < 1.29 is 0 Å². The van der Waals surface area contributed by atoms with Gasteiger partial charge < -0.3 is 5.32 Å². The van der Waals surface area contributed by atoms with Gasteiger partial charge in [0.25, 0.3) is 0 Å². The molecule has 6 unspecified atom stereocenters. The Hall–Kier alpha value is -0.0400. The molecule has 3 fully saturated rings. The summed E-state index contributed by atoms with van der Waals surface area (Å²) in [6.45, 7) is 12.5. The quantitative estimate of drug-likeness (QED) is 0.668. The van der Waals surface area contributed by atoms with Crippen molar-refractivity contribution in [2.24, 2.45) is 35.5 Å². The fourth-order valence-electron chi connectivity index (χ4n) is 4.86. The third kappa shape index (κ3) is 3.97. The fraction of sp³-hybridized carbons (Fsp3) is 1.00. The summed E-state index contributed by atoms with van der Waals surface area (Å²) in [7, 11) is 0. The zero-order valence-electron chi connectivity index (χ0n) is 13.6. The van der Waals surface area contributed by atoms with Crippen LogP contribution < -0.4 is 5.32 Å². The third-order valence-corrected chi connectivity index (χ3v) is 6.25. The van der Waals surface area contributed by atoms with Gasteiger partial charge in [0.2, 0.25) is 0 Å². The van der Waals surface area contributed by atoms with Crippen LogP contribution in [0.4, 0.5) is 0 Å². The first-order valence-corrected chi connectivity index (χ1v) is 8.80. The molecule has 3 aliphatic rings. The Kier molecular flexibility index (Phi) is 5.74. The van der Waals surface area contributed by atoms with E-state index >= 15 is 0 Å². The topological polar surface area (TPSA) is 12.0 Å². The molecule has 2 saturated heterocycles. The van der Waals surface area contributed by atoms with E-state index < -0.39 is 0 Å². The van der Waals surface area contributed by atoms with E-state index in [0.717, 1.165) is 35.5 Å². The summed E-state index contributed by atoms with van der Waals surface area (Å²) in [4.78, 5) is 0. The largest absolute Gasteiger partial charge is 0.317 e. The van der Waals surface area contributed by atoms with Crippen LogP contribution in [0.3, 0.4) is 0 Å². The third-order valence-electron chi connectivity index (χ3n) is 6.25. The van der Waals surface area contributed by atoms with E-state index in [1.807, 2.05) is 0 Å². The summed E-state index contributed by atoms with van der Waals surface area (Å²) in [6, 6.07) is 0. The minimum absolute atomic E-state index is 0.905. The molecule has 0 aromatic heterocycles. The van der Waals surface area contributed by atoms with Crippen molar-refractivity contribution in [2.45, 2.75) is 66.2 Å². The molecular weight excluding hydrogens is 230 g/mol. The molecule has 1 saturated carbocycles. The molecule has 2 bridgehead atoms. The molecule has 2 heterocycles. The Labute approximate surface area is 120 Å². The summed E-state index contributed by atoms with van der Waals surface area (Å²) < 4.78 is 0. The first kappa shape index (κ1) is 15.4. The number of rotatable bonds is 0. The van der Waals surface area contributed by atoms with Gasteiger partial charge in [-0.15, -0.1) is 0 Å². The van der Waals surface area contributed by atoms with Crippen molar-refractivity contribution in [3.05, 3.63) is 0 Å². The second kappa shape index (κ2) is 7.11. The lowest BCUT2D eigenvalue weighted by Gasteiger charge is -2.44. The molecule has 112 valence electrons. The average Bonchev–Trinajstić information content (AvgIpc) is 2.39. The molecule has 1 nitrogen and oxygen atoms in total. The Bertz CT molecular complexity index is 236. The van der Waals surface area contributed by atoms with Crippen LogP contribution in [-0.4, -0.2) is 13.1 Å². The van der Waals surface area contributed by atoms with Gasteiger partial charge in [-0.25, -0.2) is 0 Å². The Balaban J connectivity index is 2.06. The number of fused-ring (bicyclic) bond motifs is 10. The van der Waals surface area contributed by atoms with E-state index in [2.05, 4.69) is 33.0 Å².